The quantitative estimate of drug-likeness (QED) is 0.842. The van der Waals surface area contributed by atoms with Crippen LogP contribution in [0.2, 0.25) is 0 Å². The molecule has 1 saturated carbocycles. The van der Waals surface area contributed by atoms with Gasteiger partial charge < -0.3 is 14.9 Å². The lowest BCUT2D eigenvalue weighted by Crippen LogP contribution is -2.21. The zero-order valence-corrected chi connectivity index (χ0v) is 11.9. The van der Waals surface area contributed by atoms with E-state index in [-0.39, 0.29) is 6.61 Å². The summed E-state index contributed by atoms with van der Waals surface area (Å²) < 4.78 is 18.7. The van der Waals surface area contributed by atoms with E-state index in [2.05, 4.69) is 0 Å². The highest BCUT2D eigenvalue weighted by Gasteiger charge is 2.19. The Morgan fingerprint density at radius 3 is 2.65 bits per heavy atom. The monoisotopic (exact) mass is 282 g/mol. The molecule has 2 unspecified atom stereocenters. The lowest BCUT2D eigenvalue weighted by molar-refractivity contribution is 0.0832. The van der Waals surface area contributed by atoms with Crippen LogP contribution in [0.5, 0.6) is 5.75 Å². The first-order valence-electron chi connectivity index (χ1n) is 7.34. The second-order valence-electron chi connectivity index (χ2n) is 5.71. The molecule has 0 aliphatic heterocycles. The summed E-state index contributed by atoms with van der Waals surface area (Å²) in [4.78, 5) is 0. The number of ether oxygens (including phenoxy) is 1. The molecular formula is C16H23FO3. The first-order chi connectivity index (χ1) is 9.56. The number of aliphatic hydroxyl groups is 2. The zero-order chi connectivity index (χ0) is 14.5. The summed E-state index contributed by atoms with van der Waals surface area (Å²) in [6.07, 6.45) is 4.33. The molecule has 0 amide bonds. The number of hydrogen-bond donors (Lipinski definition) is 2. The first-order valence-corrected chi connectivity index (χ1v) is 7.34. The Hall–Kier alpha value is -1.13. The Bertz CT molecular complexity index is 428. The van der Waals surface area contributed by atoms with E-state index in [1.54, 1.807) is 6.92 Å². The lowest BCUT2D eigenvalue weighted by Gasteiger charge is -2.18. The fourth-order valence-corrected chi connectivity index (χ4v) is 2.86. The van der Waals surface area contributed by atoms with Crippen molar-refractivity contribution in [1.82, 2.24) is 0 Å². The summed E-state index contributed by atoms with van der Waals surface area (Å²) in [5, 5.41) is 19.6. The molecule has 0 bridgehead atoms. The predicted octanol–water partition coefficient (Wildman–Crippen LogP) is 3.20. The molecule has 2 rings (SSSR count). The van der Waals surface area contributed by atoms with Gasteiger partial charge >= 0.3 is 0 Å². The summed E-state index contributed by atoms with van der Waals surface area (Å²) in [5.74, 6) is 0.629. The van der Waals surface area contributed by atoms with Crippen LogP contribution in [0.4, 0.5) is 4.39 Å². The Morgan fingerprint density at radius 2 is 2.00 bits per heavy atom. The normalized spacial score (nSPS) is 19.0. The van der Waals surface area contributed by atoms with Gasteiger partial charge in [0.2, 0.25) is 0 Å². The van der Waals surface area contributed by atoms with Crippen molar-refractivity contribution in [3.8, 4) is 5.75 Å². The van der Waals surface area contributed by atoms with E-state index >= 15 is 0 Å². The maximum Gasteiger partial charge on any atom is 0.125 e. The third-order valence-electron chi connectivity index (χ3n) is 3.93. The van der Waals surface area contributed by atoms with Gasteiger partial charge in [-0.15, -0.1) is 0 Å². The topological polar surface area (TPSA) is 49.7 Å². The molecule has 0 spiro atoms. The van der Waals surface area contributed by atoms with Crippen molar-refractivity contribution in [2.24, 2.45) is 5.92 Å². The minimum Gasteiger partial charge on any atom is -0.491 e. The molecule has 1 aliphatic rings. The molecule has 112 valence electrons. The Morgan fingerprint density at radius 1 is 1.30 bits per heavy atom. The molecule has 0 aromatic heterocycles. The molecule has 4 heteroatoms. The standard InChI is InChI=1S/C16H23FO3/c1-11(18)15-9-13(17)6-7-16(15)20-10-14(19)8-12-4-2-3-5-12/h6-7,9,11-12,14,18-19H,2-5,8,10H2,1H3. The lowest BCUT2D eigenvalue weighted by atomic mass is 10.0. The molecule has 0 heterocycles. The number of rotatable bonds is 6. The van der Waals surface area contributed by atoms with Crippen molar-refractivity contribution in [3.63, 3.8) is 0 Å². The van der Waals surface area contributed by atoms with Gasteiger partial charge in [-0.3, -0.25) is 0 Å². The van der Waals surface area contributed by atoms with Crippen molar-refractivity contribution in [2.75, 3.05) is 6.61 Å². The highest BCUT2D eigenvalue weighted by Crippen LogP contribution is 2.29. The third-order valence-corrected chi connectivity index (χ3v) is 3.93. The van der Waals surface area contributed by atoms with Gasteiger partial charge in [-0.2, -0.15) is 0 Å². The molecule has 1 fully saturated rings. The summed E-state index contributed by atoms with van der Waals surface area (Å²) in [6, 6.07) is 4.06. The molecule has 1 aliphatic carbocycles. The molecule has 0 radical (unpaired) electrons. The number of aliphatic hydroxyl groups excluding tert-OH is 2. The van der Waals surface area contributed by atoms with E-state index in [4.69, 9.17) is 4.74 Å². The highest BCUT2D eigenvalue weighted by atomic mass is 19.1. The van der Waals surface area contributed by atoms with Crippen LogP contribution >= 0.6 is 0 Å². The Kier molecular flexibility index (Phi) is 5.38. The van der Waals surface area contributed by atoms with Crippen molar-refractivity contribution >= 4 is 0 Å². The van der Waals surface area contributed by atoms with Crippen molar-refractivity contribution in [3.05, 3.63) is 29.6 Å². The maximum atomic E-state index is 13.2. The molecule has 1 aromatic carbocycles. The van der Waals surface area contributed by atoms with Gasteiger partial charge in [0.05, 0.1) is 12.2 Å². The van der Waals surface area contributed by atoms with Crippen LogP contribution in [-0.2, 0) is 0 Å². The van der Waals surface area contributed by atoms with Gasteiger partial charge in [0, 0.05) is 5.56 Å². The summed E-state index contributed by atoms with van der Waals surface area (Å²) >= 11 is 0. The summed E-state index contributed by atoms with van der Waals surface area (Å²) in [6.45, 7) is 1.75. The molecule has 0 saturated heterocycles. The molecule has 20 heavy (non-hydrogen) atoms. The minimum absolute atomic E-state index is 0.182. The van der Waals surface area contributed by atoms with Crippen LogP contribution in [0.25, 0.3) is 0 Å². The second-order valence-corrected chi connectivity index (χ2v) is 5.71. The Balaban J connectivity index is 1.89. The predicted molar refractivity (Wildman–Crippen MR) is 75.1 cm³/mol. The van der Waals surface area contributed by atoms with Gasteiger partial charge in [0.25, 0.3) is 0 Å². The van der Waals surface area contributed by atoms with Gasteiger partial charge in [-0.25, -0.2) is 4.39 Å². The van der Waals surface area contributed by atoms with Crippen LogP contribution in [0.3, 0.4) is 0 Å². The molecular weight excluding hydrogens is 259 g/mol. The molecule has 1 aromatic rings. The second kappa shape index (κ2) is 7.04. The highest BCUT2D eigenvalue weighted by molar-refractivity contribution is 5.35. The van der Waals surface area contributed by atoms with Crippen LogP contribution in [-0.4, -0.2) is 22.9 Å². The number of halogens is 1. The largest absolute Gasteiger partial charge is 0.491 e. The van der Waals surface area contributed by atoms with Gasteiger partial charge in [0.1, 0.15) is 18.2 Å². The smallest absolute Gasteiger partial charge is 0.125 e. The SMILES string of the molecule is CC(O)c1cc(F)ccc1OCC(O)CC1CCCC1. The van der Waals surface area contributed by atoms with E-state index < -0.39 is 18.0 Å². The fraction of sp³-hybridized carbons (Fsp3) is 0.625. The molecule has 3 nitrogen and oxygen atoms in total. The first kappa shape index (κ1) is 15.3. The van der Waals surface area contributed by atoms with Gasteiger partial charge in [-0.05, 0) is 37.5 Å². The van der Waals surface area contributed by atoms with E-state index in [0.717, 1.165) is 6.42 Å². The number of benzene rings is 1. The van der Waals surface area contributed by atoms with Crippen molar-refractivity contribution < 1.29 is 19.3 Å². The molecule has 2 atom stereocenters. The number of hydrogen-bond acceptors (Lipinski definition) is 3. The Labute approximate surface area is 119 Å². The van der Waals surface area contributed by atoms with Crippen LogP contribution < -0.4 is 4.74 Å². The average Bonchev–Trinajstić information content (AvgIpc) is 2.90. The van der Waals surface area contributed by atoms with E-state index in [9.17, 15) is 14.6 Å². The van der Waals surface area contributed by atoms with Gasteiger partial charge in [0.15, 0.2) is 0 Å². The van der Waals surface area contributed by atoms with E-state index in [1.165, 1.54) is 43.9 Å². The fourth-order valence-electron chi connectivity index (χ4n) is 2.86. The van der Waals surface area contributed by atoms with Crippen LogP contribution in [0.15, 0.2) is 18.2 Å². The summed E-state index contributed by atoms with van der Waals surface area (Å²) in [7, 11) is 0. The maximum absolute atomic E-state index is 13.2. The van der Waals surface area contributed by atoms with E-state index in [0.29, 0.717) is 17.2 Å². The average molecular weight is 282 g/mol. The summed E-state index contributed by atoms with van der Waals surface area (Å²) in [5.41, 5.74) is 0.415. The van der Waals surface area contributed by atoms with Crippen LogP contribution in [0, 0.1) is 11.7 Å². The van der Waals surface area contributed by atoms with Crippen LogP contribution in [0.1, 0.15) is 50.7 Å². The third kappa shape index (κ3) is 4.18. The minimum atomic E-state index is -0.798. The van der Waals surface area contributed by atoms with Crippen molar-refractivity contribution in [2.45, 2.75) is 51.2 Å². The zero-order valence-electron chi connectivity index (χ0n) is 11.9. The molecule has 2 N–H and O–H groups in total. The van der Waals surface area contributed by atoms with E-state index in [1.807, 2.05) is 0 Å². The van der Waals surface area contributed by atoms with Gasteiger partial charge in [-0.1, -0.05) is 25.7 Å². The van der Waals surface area contributed by atoms with Crippen molar-refractivity contribution in [1.29, 1.82) is 0 Å².